The summed E-state index contributed by atoms with van der Waals surface area (Å²) in [7, 11) is 0. The van der Waals surface area contributed by atoms with E-state index in [0.29, 0.717) is 0 Å². The molecule has 0 aliphatic heterocycles. The first kappa shape index (κ1) is 10.6. The van der Waals surface area contributed by atoms with E-state index in [9.17, 15) is 0 Å². The molecule has 6 heavy (non-hydrogen) atoms. The molecule has 0 radical (unpaired) electrons. The first-order chi connectivity index (χ1) is 2.00. The topological polar surface area (TPSA) is 40.5 Å². The van der Waals surface area contributed by atoms with E-state index in [2.05, 4.69) is 24.1 Å². The first-order valence-corrected chi connectivity index (χ1v) is 4.64. The van der Waals surface area contributed by atoms with Gasteiger partial charge >= 0.3 is 23.1 Å². The summed E-state index contributed by atoms with van der Waals surface area (Å²) in [5.41, 5.74) is -3.11. The normalized spacial score (nSPS) is 9.83. The molecule has 2 N–H and O–H groups in total. The fraction of sp³-hybridized carbons (Fsp3) is 0. The van der Waals surface area contributed by atoms with Crippen molar-refractivity contribution in [3.63, 3.8) is 0 Å². The fourth-order valence-corrected chi connectivity index (χ4v) is 0. The highest BCUT2D eigenvalue weighted by atomic mass is 32.9. The lowest BCUT2D eigenvalue weighted by atomic mass is 15.9. The van der Waals surface area contributed by atoms with Gasteiger partial charge in [0.15, 0.2) is 0 Å². The lowest BCUT2D eigenvalue weighted by Crippen LogP contribution is -1.53. The van der Waals surface area contributed by atoms with Crippen molar-refractivity contribution in [3.8, 4) is 0 Å². The maximum absolute atomic E-state index is 7.87. The van der Waals surface area contributed by atoms with Gasteiger partial charge in [0.1, 0.15) is 0 Å². The minimum absolute atomic E-state index is 0. The van der Waals surface area contributed by atoms with Crippen LogP contribution < -0.4 is 0 Å². The average molecular weight is 156 g/mol. The van der Waals surface area contributed by atoms with Gasteiger partial charge in [-0.25, -0.2) is 0 Å². The van der Waals surface area contributed by atoms with Crippen molar-refractivity contribution in [2.45, 2.75) is 0 Å². The van der Waals surface area contributed by atoms with Crippen molar-refractivity contribution in [2.24, 2.45) is 0 Å². The molecule has 0 aromatic rings. The zero-order valence-corrected chi connectivity index (χ0v) is 4.80. The average Bonchev–Trinajstić information content (AvgIpc) is 0.722. The minimum atomic E-state index is -3.11. The van der Waals surface area contributed by atoms with Crippen molar-refractivity contribution >= 4 is 52.8 Å². The monoisotopic (exact) mass is 156 g/mol. The standard InChI is InChI=1S/Mg.H3O2PS2.2H/c;1-3(2,4)5;;/h;(H3,1,2,4,5);;. The molecule has 0 aromatic heterocycles. The molecular weight excluding hydrogens is 151 g/mol. The lowest BCUT2D eigenvalue weighted by Gasteiger charge is -1.88. The van der Waals surface area contributed by atoms with Gasteiger partial charge < -0.3 is 9.79 Å². The third-order valence-corrected chi connectivity index (χ3v) is 0. The van der Waals surface area contributed by atoms with Crippen molar-refractivity contribution in [2.75, 3.05) is 0 Å². The van der Waals surface area contributed by atoms with Crippen LogP contribution in [0.15, 0.2) is 0 Å². The van der Waals surface area contributed by atoms with Crippen molar-refractivity contribution in [1.82, 2.24) is 0 Å². The zero-order chi connectivity index (χ0) is 4.50. The van der Waals surface area contributed by atoms with Crippen LogP contribution in [0.4, 0.5) is 0 Å². The summed E-state index contributed by atoms with van der Waals surface area (Å²) >= 11 is 7.07. The van der Waals surface area contributed by atoms with E-state index in [4.69, 9.17) is 9.79 Å². The number of hydrogen-bond acceptors (Lipinski definition) is 1. The van der Waals surface area contributed by atoms with Gasteiger partial charge in [0, 0.05) is 0 Å². The smallest absolute Gasteiger partial charge is 0.316 e. The van der Waals surface area contributed by atoms with Crippen LogP contribution in [-0.4, -0.2) is 32.8 Å². The summed E-state index contributed by atoms with van der Waals surface area (Å²) in [5.74, 6) is 0. The molecule has 0 fully saturated rings. The second-order valence-electron chi connectivity index (χ2n) is 0.513. The van der Waals surface area contributed by atoms with E-state index >= 15 is 0 Å². The molecular formula is H5MgO2PS2. The van der Waals surface area contributed by atoms with Crippen LogP contribution in [0.1, 0.15) is 0 Å². The van der Waals surface area contributed by atoms with Crippen molar-refractivity contribution < 1.29 is 9.79 Å². The van der Waals surface area contributed by atoms with Crippen LogP contribution in [0.2, 0.25) is 0 Å². The van der Waals surface area contributed by atoms with Gasteiger partial charge in [-0.2, -0.15) is 0 Å². The highest BCUT2D eigenvalue weighted by Gasteiger charge is 1.90. The Morgan fingerprint density at radius 2 is 1.50 bits per heavy atom. The van der Waals surface area contributed by atoms with Gasteiger partial charge in [-0.1, -0.05) is 12.2 Å². The van der Waals surface area contributed by atoms with Gasteiger partial charge in [0.25, 0.3) is 0 Å². The molecule has 0 atom stereocenters. The van der Waals surface area contributed by atoms with Crippen LogP contribution in [0.3, 0.4) is 0 Å². The fourth-order valence-electron chi connectivity index (χ4n) is 0. The highest BCUT2D eigenvalue weighted by Crippen LogP contribution is 2.39. The van der Waals surface area contributed by atoms with Crippen LogP contribution >= 0.6 is 17.9 Å². The first-order valence-electron chi connectivity index (χ1n) is 0.783. The Hall–Kier alpha value is 1.69. The molecule has 0 spiro atoms. The van der Waals surface area contributed by atoms with Crippen LogP contribution in [-0.2, 0) is 11.8 Å². The highest BCUT2D eigenvalue weighted by molar-refractivity contribution is 8.59. The van der Waals surface area contributed by atoms with E-state index in [1.165, 1.54) is 0 Å². The van der Waals surface area contributed by atoms with Crippen LogP contribution in [0, 0.1) is 0 Å². The molecule has 36 valence electrons. The maximum Gasteiger partial charge on any atom is 0.316 e. The maximum atomic E-state index is 7.87. The Morgan fingerprint density at radius 1 is 1.50 bits per heavy atom. The molecule has 0 saturated carbocycles. The summed E-state index contributed by atoms with van der Waals surface area (Å²) in [6.45, 7) is 0. The van der Waals surface area contributed by atoms with Gasteiger partial charge in [0.05, 0.1) is 0 Å². The SMILES string of the molecule is OP(O)(=S)S.[MgH2]. The number of rotatable bonds is 0. The Balaban J connectivity index is 0. The van der Waals surface area contributed by atoms with E-state index in [0.717, 1.165) is 0 Å². The van der Waals surface area contributed by atoms with Crippen LogP contribution in [0.25, 0.3) is 0 Å². The molecule has 0 rings (SSSR count). The Morgan fingerprint density at radius 3 is 1.50 bits per heavy atom. The Kier molecular flexibility index (Phi) is 6.48. The molecule has 0 heterocycles. The summed E-state index contributed by atoms with van der Waals surface area (Å²) in [5, 5.41) is 0. The van der Waals surface area contributed by atoms with Gasteiger partial charge in [-0.05, 0) is 11.8 Å². The second-order valence-corrected chi connectivity index (χ2v) is 5.55. The van der Waals surface area contributed by atoms with Gasteiger partial charge in [-0.3, -0.25) is 0 Å². The van der Waals surface area contributed by atoms with E-state index in [1.54, 1.807) is 0 Å². The Labute approximate surface area is 62.4 Å². The summed E-state index contributed by atoms with van der Waals surface area (Å²) in [4.78, 5) is 15.7. The van der Waals surface area contributed by atoms with Gasteiger partial charge in [-0.15, -0.1) is 0 Å². The van der Waals surface area contributed by atoms with Crippen LogP contribution in [0.5, 0.6) is 0 Å². The number of thiol groups is 1. The van der Waals surface area contributed by atoms with E-state index < -0.39 is 5.69 Å². The number of hydrogen-bond donors (Lipinski definition) is 3. The summed E-state index contributed by atoms with van der Waals surface area (Å²) < 4.78 is 0. The summed E-state index contributed by atoms with van der Waals surface area (Å²) in [6, 6.07) is 0. The lowest BCUT2D eigenvalue weighted by molar-refractivity contribution is 0.503. The molecule has 0 bridgehead atoms. The largest absolute Gasteiger partial charge is 0.338 e. The van der Waals surface area contributed by atoms with Crippen molar-refractivity contribution in [1.29, 1.82) is 0 Å². The van der Waals surface area contributed by atoms with Gasteiger partial charge in [0.2, 0.25) is 5.69 Å². The molecule has 0 unspecified atom stereocenters. The second kappa shape index (κ2) is 3.66. The Bertz CT molecular complexity index is 57.7. The molecule has 0 amide bonds. The zero-order valence-electron chi connectivity index (χ0n) is 2.20. The predicted molar refractivity (Wildman–Crippen MR) is 36.3 cm³/mol. The third kappa shape index (κ3) is 43.9. The third-order valence-electron chi connectivity index (χ3n) is 0. The molecule has 2 nitrogen and oxygen atoms in total. The van der Waals surface area contributed by atoms with E-state index in [1.807, 2.05) is 0 Å². The molecule has 0 aromatic carbocycles. The quantitative estimate of drug-likeness (QED) is 0.245. The summed E-state index contributed by atoms with van der Waals surface area (Å²) in [6.07, 6.45) is 0. The van der Waals surface area contributed by atoms with Crippen molar-refractivity contribution in [3.05, 3.63) is 0 Å². The van der Waals surface area contributed by atoms with E-state index in [-0.39, 0.29) is 23.1 Å². The molecule has 0 saturated heterocycles. The molecule has 0 aliphatic carbocycles. The minimum Gasteiger partial charge on any atom is -0.338 e. The predicted octanol–water partition coefficient (Wildman–Crippen LogP) is -0.791. The molecule has 6 heteroatoms. The molecule has 0 aliphatic rings.